The highest BCUT2D eigenvalue weighted by atomic mass is 19.3. The van der Waals surface area contributed by atoms with Crippen LogP contribution < -0.4 is 10.5 Å². The number of nitrogens with zero attached hydrogens (tertiary/aromatic N) is 2. The fourth-order valence-electron chi connectivity index (χ4n) is 1.52. The molecule has 0 unspecified atom stereocenters. The van der Waals surface area contributed by atoms with Gasteiger partial charge in [0.25, 0.3) is 6.43 Å². The zero-order chi connectivity index (χ0) is 13.1. The molecule has 2 rings (SSSR count). The molecule has 5 nitrogen and oxygen atoms in total. The maximum absolute atomic E-state index is 12.8. The summed E-state index contributed by atoms with van der Waals surface area (Å²) in [4.78, 5) is 0.567. The van der Waals surface area contributed by atoms with Gasteiger partial charge in [0.15, 0.2) is 0 Å². The van der Waals surface area contributed by atoms with Gasteiger partial charge < -0.3 is 15.7 Å². The number of hydrogen-bond acceptors (Lipinski definition) is 4. The van der Waals surface area contributed by atoms with Gasteiger partial charge in [-0.3, -0.25) is 0 Å². The highest BCUT2D eigenvalue weighted by molar-refractivity contribution is 5.51. The molecule has 0 bridgehead atoms. The smallest absolute Gasteiger partial charge is 0.264 e. The molecule has 2 aromatic rings. The number of anilines is 1. The minimum Gasteiger partial charge on any atom is -0.472 e. The summed E-state index contributed by atoms with van der Waals surface area (Å²) in [5.74, 6) is 0.126. The predicted octanol–water partition coefficient (Wildman–Crippen LogP) is 2.22. The fourth-order valence-corrected chi connectivity index (χ4v) is 1.52. The maximum atomic E-state index is 12.8. The molecule has 0 saturated heterocycles. The molecule has 0 aliphatic carbocycles. The molecule has 1 aromatic carbocycles. The first-order valence-electron chi connectivity index (χ1n) is 5.11. The quantitative estimate of drug-likeness (QED) is 0.649. The first-order chi connectivity index (χ1) is 8.58. The highest BCUT2D eigenvalue weighted by Gasteiger charge is 2.15. The molecular formula is C11H11F2N3O2. The molecule has 7 heteroatoms. The van der Waals surface area contributed by atoms with E-state index in [2.05, 4.69) is 5.10 Å². The van der Waals surface area contributed by atoms with Crippen molar-refractivity contribution in [1.29, 1.82) is 0 Å². The Morgan fingerprint density at radius 1 is 1.39 bits per heavy atom. The first kappa shape index (κ1) is 12.2. The molecule has 1 aromatic heterocycles. The van der Waals surface area contributed by atoms with Crippen molar-refractivity contribution in [1.82, 2.24) is 9.94 Å². The van der Waals surface area contributed by atoms with Crippen LogP contribution >= 0.6 is 0 Å². The Kier molecular flexibility index (Phi) is 3.31. The van der Waals surface area contributed by atoms with Gasteiger partial charge in [-0.05, 0) is 6.07 Å². The summed E-state index contributed by atoms with van der Waals surface area (Å²) in [5, 5.41) is 12.5. The first-order valence-corrected chi connectivity index (χ1v) is 5.11. The highest BCUT2D eigenvalue weighted by Crippen LogP contribution is 2.27. The van der Waals surface area contributed by atoms with E-state index in [0.29, 0.717) is 4.85 Å². The zero-order valence-electron chi connectivity index (χ0n) is 9.25. The second-order valence-electron chi connectivity index (χ2n) is 3.58. The van der Waals surface area contributed by atoms with Crippen LogP contribution in [0.5, 0.6) is 5.88 Å². The van der Waals surface area contributed by atoms with E-state index < -0.39 is 6.43 Å². The predicted molar refractivity (Wildman–Crippen MR) is 59.6 cm³/mol. The van der Waals surface area contributed by atoms with Crippen LogP contribution in [0.25, 0.3) is 0 Å². The van der Waals surface area contributed by atoms with Crippen LogP contribution in [-0.2, 0) is 6.61 Å². The van der Waals surface area contributed by atoms with E-state index in [0.717, 1.165) is 0 Å². The molecular weight excluding hydrogens is 244 g/mol. The minimum atomic E-state index is -2.62. The van der Waals surface area contributed by atoms with Gasteiger partial charge in [-0.25, -0.2) is 8.78 Å². The van der Waals surface area contributed by atoms with Crippen molar-refractivity contribution < 1.29 is 18.7 Å². The second-order valence-corrected chi connectivity index (χ2v) is 3.58. The van der Waals surface area contributed by atoms with Gasteiger partial charge in [0.05, 0.1) is 6.20 Å². The third-order valence-corrected chi connectivity index (χ3v) is 2.40. The molecule has 0 aliphatic heterocycles. The Hall–Kier alpha value is -2.31. The van der Waals surface area contributed by atoms with Crippen molar-refractivity contribution in [3.63, 3.8) is 0 Å². The Balaban J connectivity index is 2.18. The van der Waals surface area contributed by atoms with Gasteiger partial charge >= 0.3 is 0 Å². The zero-order valence-corrected chi connectivity index (χ0v) is 9.25. The molecule has 1 heterocycles. The van der Waals surface area contributed by atoms with Crippen molar-refractivity contribution in [3.8, 4) is 5.88 Å². The van der Waals surface area contributed by atoms with Gasteiger partial charge in [0.2, 0.25) is 5.88 Å². The molecule has 3 N–H and O–H groups in total. The number of ether oxygens (including phenoxy) is 1. The van der Waals surface area contributed by atoms with Crippen LogP contribution in [0.1, 0.15) is 17.6 Å². The van der Waals surface area contributed by atoms with Gasteiger partial charge in [0, 0.05) is 22.9 Å². The number of alkyl halides is 2. The van der Waals surface area contributed by atoms with Crippen LogP contribution in [0.15, 0.2) is 30.5 Å². The second kappa shape index (κ2) is 4.91. The molecule has 0 radical (unpaired) electrons. The standard InChI is InChI=1S/C11H11F2N3O2/c12-11(13)7-2-1-3-9(14)8(7)6-18-10-4-5-16(17)15-10/h1-5,11,17H,6,14H2. The summed E-state index contributed by atoms with van der Waals surface area (Å²) in [6, 6.07) is 5.68. The number of nitrogen functional groups attached to an aromatic ring is 1. The Morgan fingerprint density at radius 2 is 2.17 bits per heavy atom. The lowest BCUT2D eigenvalue weighted by Gasteiger charge is -2.11. The number of aromatic nitrogens is 2. The normalized spacial score (nSPS) is 10.8. The summed E-state index contributed by atoms with van der Waals surface area (Å²) in [5.41, 5.74) is 5.93. The third-order valence-electron chi connectivity index (χ3n) is 2.40. The molecule has 0 atom stereocenters. The summed E-state index contributed by atoms with van der Waals surface area (Å²) in [6.07, 6.45) is -1.36. The van der Waals surface area contributed by atoms with Gasteiger partial charge in [-0.15, -0.1) is 4.85 Å². The van der Waals surface area contributed by atoms with E-state index in [1.54, 1.807) is 0 Å². The number of rotatable bonds is 4. The third kappa shape index (κ3) is 2.50. The molecule has 0 aliphatic rings. The van der Waals surface area contributed by atoms with Crippen LogP contribution in [0.2, 0.25) is 0 Å². The van der Waals surface area contributed by atoms with E-state index in [-0.39, 0.29) is 29.3 Å². The topological polar surface area (TPSA) is 73.3 Å². The summed E-state index contributed by atoms with van der Waals surface area (Å²) < 4.78 is 30.7. The molecule has 0 fully saturated rings. The molecule has 0 amide bonds. The Morgan fingerprint density at radius 3 is 2.78 bits per heavy atom. The van der Waals surface area contributed by atoms with E-state index in [9.17, 15) is 8.78 Å². The molecule has 0 saturated carbocycles. The van der Waals surface area contributed by atoms with Gasteiger partial charge in [0.1, 0.15) is 6.61 Å². The Labute approximate surface area is 101 Å². The van der Waals surface area contributed by atoms with E-state index in [4.69, 9.17) is 15.7 Å². The van der Waals surface area contributed by atoms with Crippen molar-refractivity contribution in [2.75, 3.05) is 5.73 Å². The van der Waals surface area contributed by atoms with Crippen molar-refractivity contribution in [3.05, 3.63) is 41.6 Å². The number of nitrogens with two attached hydrogens (primary N) is 1. The SMILES string of the molecule is Nc1cccc(C(F)F)c1COc1ccn(O)n1. The van der Waals surface area contributed by atoms with Gasteiger partial charge in [-0.1, -0.05) is 17.2 Å². The number of benzene rings is 1. The van der Waals surface area contributed by atoms with Crippen LogP contribution in [0, 0.1) is 0 Å². The van der Waals surface area contributed by atoms with Crippen LogP contribution in [-0.4, -0.2) is 15.2 Å². The van der Waals surface area contributed by atoms with Crippen LogP contribution in [0.4, 0.5) is 14.5 Å². The van der Waals surface area contributed by atoms with Gasteiger partial charge in [-0.2, -0.15) is 0 Å². The average Bonchev–Trinajstić information content (AvgIpc) is 2.73. The summed E-state index contributed by atoms with van der Waals surface area (Å²) in [7, 11) is 0. The maximum Gasteiger partial charge on any atom is 0.264 e. The minimum absolute atomic E-state index is 0.126. The van der Waals surface area contributed by atoms with E-state index in [1.807, 2.05) is 0 Å². The van der Waals surface area contributed by atoms with Crippen LogP contribution in [0.3, 0.4) is 0 Å². The summed E-state index contributed by atoms with van der Waals surface area (Å²) in [6.45, 7) is -0.136. The molecule has 0 spiro atoms. The van der Waals surface area contributed by atoms with E-state index in [1.165, 1.54) is 30.5 Å². The summed E-state index contributed by atoms with van der Waals surface area (Å²) >= 11 is 0. The molecule has 96 valence electrons. The number of halogens is 2. The van der Waals surface area contributed by atoms with E-state index >= 15 is 0 Å². The van der Waals surface area contributed by atoms with Crippen molar-refractivity contribution in [2.45, 2.75) is 13.0 Å². The van der Waals surface area contributed by atoms with Crippen molar-refractivity contribution >= 4 is 5.69 Å². The number of hydrogen-bond donors (Lipinski definition) is 2. The monoisotopic (exact) mass is 255 g/mol. The lowest BCUT2D eigenvalue weighted by Crippen LogP contribution is -2.05. The average molecular weight is 255 g/mol. The van der Waals surface area contributed by atoms with Crippen molar-refractivity contribution in [2.24, 2.45) is 0 Å². The molecule has 18 heavy (non-hydrogen) atoms. The lowest BCUT2D eigenvalue weighted by molar-refractivity contribution is 0.138. The fraction of sp³-hybridized carbons (Fsp3) is 0.182. The lowest BCUT2D eigenvalue weighted by atomic mass is 10.1. The largest absolute Gasteiger partial charge is 0.472 e. The Bertz CT molecular complexity index is 543.